The highest BCUT2D eigenvalue weighted by Crippen LogP contribution is 2.18. The molecule has 2 amide bonds. The Bertz CT molecular complexity index is 632. The zero-order valence-electron chi connectivity index (χ0n) is 10.4. The lowest BCUT2D eigenvalue weighted by Crippen LogP contribution is -2.37. The molecule has 0 saturated heterocycles. The first kappa shape index (κ1) is 13.3. The Balaban J connectivity index is 1.70. The highest BCUT2D eigenvalue weighted by Gasteiger charge is 2.28. The van der Waals surface area contributed by atoms with Crippen molar-refractivity contribution in [3.8, 4) is 0 Å². The van der Waals surface area contributed by atoms with Gasteiger partial charge in [-0.2, -0.15) is 0 Å². The van der Waals surface area contributed by atoms with E-state index in [9.17, 15) is 9.59 Å². The summed E-state index contributed by atoms with van der Waals surface area (Å²) < 4.78 is 0. The molecule has 1 N–H and O–H groups in total. The van der Waals surface area contributed by atoms with Crippen molar-refractivity contribution in [2.45, 2.75) is 0 Å². The second-order valence-corrected chi connectivity index (χ2v) is 6.21. The van der Waals surface area contributed by atoms with Crippen LogP contribution in [0.2, 0.25) is 0 Å². The summed E-state index contributed by atoms with van der Waals surface area (Å²) in [6, 6.07) is 3.79. The second kappa shape index (κ2) is 5.72. The van der Waals surface area contributed by atoms with Gasteiger partial charge in [0, 0.05) is 5.75 Å². The van der Waals surface area contributed by atoms with Crippen molar-refractivity contribution in [3.05, 3.63) is 34.5 Å². The third kappa shape index (κ3) is 2.73. The van der Waals surface area contributed by atoms with E-state index in [1.165, 1.54) is 23.1 Å². The monoisotopic (exact) mass is 305 g/mol. The van der Waals surface area contributed by atoms with Gasteiger partial charge in [-0.1, -0.05) is 23.9 Å². The lowest BCUT2D eigenvalue weighted by molar-refractivity contribution is -0.130. The number of dihydropyridines is 1. The summed E-state index contributed by atoms with van der Waals surface area (Å²) in [5, 5.41) is 5.17. The van der Waals surface area contributed by atoms with Crippen LogP contribution in [0.5, 0.6) is 0 Å². The Kier molecular flexibility index (Phi) is 3.79. The number of carbonyl (C=O) groups is 2. The number of hydrogen-bond acceptors (Lipinski definition) is 5. The molecule has 0 bridgehead atoms. The predicted molar refractivity (Wildman–Crippen MR) is 81.4 cm³/mol. The zero-order valence-corrected chi connectivity index (χ0v) is 12.0. The molecule has 0 fully saturated rings. The average Bonchev–Trinajstić information content (AvgIpc) is 3.11. The SMILES string of the molecule is O=C1N=C(c2cccs2)C=CC1C(=O)NC1=NCCS1. The van der Waals surface area contributed by atoms with Crippen molar-refractivity contribution in [1.82, 2.24) is 5.32 Å². The van der Waals surface area contributed by atoms with E-state index in [1.807, 2.05) is 17.5 Å². The highest BCUT2D eigenvalue weighted by atomic mass is 32.2. The Morgan fingerprint density at radius 1 is 1.45 bits per heavy atom. The van der Waals surface area contributed by atoms with Crippen LogP contribution in [0.15, 0.2) is 39.6 Å². The molecule has 1 aromatic heterocycles. The lowest BCUT2D eigenvalue weighted by atomic mass is 10.0. The number of hydrogen-bond donors (Lipinski definition) is 1. The van der Waals surface area contributed by atoms with E-state index in [4.69, 9.17) is 0 Å². The molecular formula is C13H11N3O2S2. The molecule has 2 aliphatic rings. The van der Waals surface area contributed by atoms with Gasteiger partial charge in [-0.05, 0) is 17.5 Å². The fraction of sp³-hybridized carbons (Fsp3) is 0.231. The number of rotatable bonds is 2. The number of aliphatic imine (C=N–C) groups is 2. The highest BCUT2D eigenvalue weighted by molar-refractivity contribution is 8.14. The molecule has 0 saturated carbocycles. The van der Waals surface area contributed by atoms with Crippen LogP contribution in [0.3, 0.4) is 0 Å². The first-order chi connectivity index (χ1) is 9.74. The van der Waals surface area contributed by atoms with Gasteiger partial charge in [0.25, 0.3) is 5.91 Å². The predicted octanol–water partition coefficient (Wildman–Crippen LogP) is 1.47. The second-order valence-electron chi connectivity index (χ2n) is 4.17. The molecule has 3 heterocycles. The van der Waals surface area contributed by atoms with Crippen LogP contribution in [0, 0.1) is 5.92 Å². The van der Waals surface area contributed by atoms with E-state index >= 15 is 0 Å². The molecule has 7 heteroatoms. The first-order valence-electron chi connectivity index (χ1n) is 6.07. The van der Waals surface area contributed by atoms with Crippen molar-refractivity contribution < 1.29 is 9.59 Å². The Hall–Kier alpha value is -1.73. The zero-order chi connectivity index (χ0) is 13.9. The minimum atomic E-state index is -0.859. The molecule has 0 spiro atoms. The molecule has 20 heavy (non-hydrogen) atoms. The van der Waals surface area contributed by atoms with E-state index in [1.54, 1.807) is 12.2 Å². The van der Waals surface area contributed by atoms with Gasteiger partial charge in [0.2, 0.25) is 5.91 Å². The summed E-state index contributed by atoms with van der Waals surface area (Å²) in [7, 11) is 0. The number of allylic oxidation sites excluding steroid dienone is 1. The number of carbonyl (C=O) groups excluding carboxylic acids is 2. The van der Waals surface area contributed by atoms with Crippen molar-refractivity contribution in [3.63, 3.8) is 0 Å². The van der Waals surface area contributed by atoms with Crippen molar-refractivity contribution in [1.29, 1.82) is 0 Å². The third-order valence-corrected chi connectivity index (χ3v) is 4.60. The summed E-state index contributed by atoms with van der Waals surface area (Å²) in [6.07, 6.45) is 3.32. The normalized spacial score (nSPS) is 21.6. The lowest BCUT2D eigenvalue weighted by Gasteiger charge is -2.13. The summed E-state index contributed by atoms with van der Waals surface area (Å²) in [5.41, 5.74) is 0.613. The van der Waals surface area contributed by atoms with E-state index in [-0.39, 0.29) is 5.91 Å². The number of nitrogens with one attached hydrogen (secondary N) is 1. The van der Waals surface area contributed by atoms with Crippen LogP contribution in [0.25, 0.3) is 0 Å². The van der Waals surface area contributed by atoms with Crippen molar-refractivity contribution in [2.24, 2.45) is 15.9 Å². The number of nitrogens with zero attached hydrogens (tertiary/aromatic N) is 2. The van der Waals surface area contributed by atoms with Crippen LogP contribution in [-0.4, -0.2) is 35.0 Å². The average molecular weight is 305 g/mol. The number of thioether (sulfide) groups is 1. The minimum absolute atomic E-state index is 0.367. The number of amides is 2. The fourth-order valence-electron chi connectivity index (χ4n) is 1.85. The third-order valence-electron chi connectivity index (χ3n) is 2.81. The Morgan fingerprint density at radius 3 is 3.00 bits per heavy atom. The van der Waals surface area contributed by atoms with Gasteiger partial charge in [0.15, 0.2) is 5.17 Å². The maximum absolute atomic E-state index is 12.0. The summed E-state index contributed by atoms with van der Waals surface area (Å²) in [6.45, 7) is 0.704. The molecular weight excluding hydrogens is 294 g/mol. The van der Waals surface area contributed by atoms with Crippen LogP contribution >= 0.6 is 23.1 Å². The number of amidine groups is 1. The van der Waals surface area contributed by atoms with Crippen LogP contribution in [-0.2, 0) is 9.59 Å². The molecule has 5 nitrogen and oxygen atoms in total. The van der Waals surface area contributed by atoms with Crippen LogP contribution < -0.4 is 5.32 Å². The van der Waals surface area contributed by atoms with Crippen molar-refractivity contribution in [2.75, 3.05) is 12.3 Å². The van der Waals surface area contributed by atoms with Crippen LogP contribution in [0.4, 0.5) is 0 Å². The summed E-state index contributed by atoms with van der Waals surface area (Å²) in [5.74, 6) is -0.793. The summed E-state index contributed by atoms with van der Waals surface area (Å²) in [4.78, 5) is 33.0. The summed E-state index contributed by atoms with van der Waals surface area (Å²) >= 11 is 2.99. The van der Waals surface area contributed by atoms with E-state index in [0.29, 0.717) is 17.4 Å². The van der Waals surface area contributed by atoms with Gasteiger partial charge < -0.3 is 5.32 Å². The standard InChI is InChI=1S/C13H11N3O2S2/c17-11-8(12(18)16-13-14-5-7-20-13)3-4-9(15-11)10-2-1-6-19-10/h1-4,6,8H,5,7H2,(H,14,16,18). The topological polar surface area (TPSA) is 70.9 Å². The maximum Gasteiger partial charge on any atom is 0.262 e. The molecule has 0 aliphatic carbocycles. The van der Waals surface area contributed by atoms with Gasteiger partial charge in [-0.3, -0.25) is 14.6 Å². The quantitative estimate of drug-likeness (QED) is 0.841. The first-order valence-corrected chi connectivity index (χ1v) is 7.93. The molecule has 1 aromatic rings. The molecule has 0 radical (unpaired) electrons. The molecule has 2 aliphatic heterocycles. The fourth-order valence-corrected chi connectivity index (χ4v) is 3.28. The van der Waals surface area contributed by atoms with E-state index in [2.05, 4.69) is 15.3 Å². The van der Waals surface area contributed by atoms with Gasteiger partial charge in [-0.15, -0.1) is 11.3 Å². The largest absolute Gasteiger partial charge is 0.304 e. The van der Waals surface area contributed by atoms with Gasteiger partial charge >= 0.3 is 0 Å². The Labute approximate surface area is 123 Å². The Morgan fingerprint density at radius 2 is 2.35 bits per heavy atom. The molecule has 0 aromatic carbocycles. The molecule has 1 atom stereocenters. The van der Waals surface area contributed by atoms with Gasteiger partial charge in [-0.25, -0.2) is 4.99 Å². The van der Waals surface area contributed by atoms with E-state index in [0.717, 1.165) is 10.6 Å². The van der Waals surface area contributed by atoms with Gasteiger partial charge in [0.1, 0.15) is 5.92 Å². The molecule has 1 unspecified atom stereocenters. The van der Waals surface area contributed by atoms with Gasteiger partial charge in [0.05, 0.1) is 17.1 Å². The maximum atomic E-state index is 12.0. The van der Waals surface area contributed by atoms with Crippen LogP contribution in [0.1, 0.15) is 4.88 Å². The molecule has 3 rings (SSSR count). The minimum Gasteiger partial charge on any atom is -0.304 e. The smallest absolute Gasteiger partial charge is 0.262 e. The number of thiophene rings is 1. The van der Waals surface area contributed by atoms with Crippen molar-refractivity contribution >= 4 is 45.8 Å². The van der Waals surface area contributed by atoms with E-state index < -0.39 is 11.8 Å². The molecule has 102 valence electrons.